The van der Waals surface area contributed by atoms with Crippen LogP contribution in [0.1, 0.15) is 31.1 Å². The number of carbonyl (C=O) groups excluding carboxylic acids is 1. The van der Waals surface area contributed by atoms with Crippen LogP contribution in [0.15, 0.2) is 29.4 Å². The third-order valence-electron chi connectivity index (χ3n) is 2.07. The Morgan fingerprint density at radius 3 is 2.41 bits per heavy atom. The molecule has 1 aromatic rings. The van der Waals surface area contributed by atoms with Crippen LogP contribution in [0, 0.1) is 5.41 Å². The molecule has 0 aromatic heterocycles. The highest BCUT2D eigenvalue weighted by Crippen LogP contribution is 2.14. The summed E-state index contributed by atoms with van der Waals surface area (Å²) in [5.41, 5.74) is 9.37. The molecule has 0 fully saturated rings. The molecular weight excluding hydrogens is 216 g/mol. The molecule has 0 radical (unpaired) electrons. The van der Waals surface area contributed by atoms with Crippen molar-refractivity contribution in [2.24, 2.45) is 10.5 Å². The Hall–Kier alpha value is -2.00. The quantitative estimate of drug-likeness (QED) is 0.484. The van der Waals surface area contributed by atoms with Gasteiger partial charge in [0.25, 0.3) is 5.91 Å². The lowest BCUT2D eigenvalue weighted by Gasteiger charge is -2.18. The molecule has 0 aliphatic rings. The average Bonchev–Trinajstić information content (AvgIpc) is 2.26. The molecule has 17 heavy (non-hydrogen) atoms. The summed E-state index contributed by atoms with van der Waals surface area (Å²) in [5, 5.41) is 6.29. The van der Waals surface area contributed by atoms with E-state index in [9.17, 15) is 4.79 Å². The number of carbonyl (C=O) groups is 1. The molecule has 0 saturated carbocycles. The Morgan fingerprint density at radius 2 is 1.94 bits per heavy atom. The number of nitrogens with zero attached hydrogens (tertiary/aromatic N) is 3. The highest BCUT2D eigenvalue weighted by atomic mass is 16.1. The summed E-state index contributed by atoms with van der Waals surface area (Å²) >= 11 is 0. The Bertz CT molecular complexity index is 439. The van der Waals surface area contributed by atoms with E-state index >= 15 is 0 Å². The van der Waals surface area contributed by atoms with Crippen LogP contribution in [0.3, 0.4) is 0 Å². The van der Waals surface area contributed by atoms with Crippen LogP contribution >= 0.6 is 0 Å². The molecule has 0 aliphatic heterocycles. The van der Waals surface area contributed by atoms with Gasteiger partial charge in [-0.1, -0.05) is 38.0 Å². The molecule has 1 amide bonds. The van der Waals surface area contributed by atoms with E-state index in [0.717, 1.165) is 0 Å². The van der Waals surface area contributed by atoms with Crippen molar-refractivity contribution >= 4 is 11.6 Å². The zero-order valence-electron chi connectivity index (χ0n) is 10.3. The maximum atomic E-state index is 11.7. The van der Waals surface area contributed by atoms with Gasteiger partial charge in [-0.05, 0) is 23.1 Å². The van der Waals surface area contributed by atoms with Gasteiger partial charge < -0.3 is 5.32 Å². The number of rotatable bonds is 3. The number of azide groups is 1. The van der Waals surface area contributed by atoms with Gasteiger partial charge in [0.1, 0.15) is 0 Å². The Morgan fingerprint density at radius 1 is 1.35 bits per heavy atom. The first-order chi connectivity index (χ1) is 7.92. The third-order valence-corrected chi connectivity index (χ3v) is 2.07. The first kappa shape index (κ1) is 13.1. The van der Waals surface area contributed by atoms with Gasteiger partial charge in [0.05, 0.1) is 0 Å². The van der Waals surface area contributed by atoms with Crippen molar-refractivity contribution < 1.29 is 4.79 Å². The molecule has 0 heterocycles. The summed E-state index contributed by atoms with van der Waals surface area (Å²) in [6.45, 7) is 6.78. The van der Waals surface area contributed by atoms with Crippen molar-refractivity contribution in [3.63, 3.8) is 0 Å². The average molecular weight is 232 g/mol. The van der Waals surface area contributed by atoms with Crippen LogP contribution in [0.5, 0.6) is 0 Å². The van der Waals surface area contributed by atoms with Gasteiger partial charge in [0.2, 0.25) is 0 Å². The second-order valence-electron chi connectivity index (χ2n) is 4.98. The lowest BCUT2D eigenvalue weighted by Crippen LogP contribution is -2.32. The molecule has 0 saturated heterocycles. The Kier molecular flexibility index (Phi) is 4.12. The van der Waals surface area contributed by atoms with E-state index in [1.807, 2.05) is 0 Å². The monoisotopic (exact) mass is 232 g/mol. The molecule has 0 spiro atoms. The van der Waals surface area contributed by atoms with Gasteiger partial charge in [-0.25, -0.2) is 0 Å². The maximum absolute atomic E-state index is 11.7. The SMILES string of the molecule is CC(C)(C)CNC(=O)c1ccc(N=[N+]=[N-])cc1. The molecule has 0 unspecified atom stereocenters. The van der Waals surface area contributed by atoms with Crippen molar-refractivity contribution in [2.75, 3.05) is 6.54 Å². The first-order valence-electron chi connectivity index (χ1n) is 5.36. The fourth-order valence-electron chi connectivity index (χ4n) is 1.18. The fraction of sp³-hybridized carbons (Fsp3) is 0.417. The molecule has 90 valence electrons. The zero-order chi connectivity index (χ0) is 12.9. The predicted molar refractivity (Wildman–Crippen MR) is 67.0 cm³/mol. The van der Waals surface area contributed by atoms with Gasteiger partial charge in [0, 0.05) is 22.7 Å². The molecule has 0 bridgehead atoms. The van der Waals surface area contributed by atoms with E-state index in [4.69, 9.17) is 5.53 Å². The lowest BCUT2D eigenvalue weighted by atomic mass is 9.97. The van der Waals surface area contributed by atoms with Crippen LogP contribution in [-0.4, -0.2) is 12.5 Å². The second-order valence-corrected chi connectivity index (χ2v) is 4.98. The van der Waals surface area contributed by atoms with Crippen LogP contribution in [0.25, 0.3) is 10.4 Å². The van der Waals surface area contributed by atoms with Crippen LogP contribution in [0.2, 0.25) is 0 Å². The van der Waals surface area contributed by atoms with Crippen LogP contribution in [-0.2, 0) is 0 Å². The normalized spacial score (nSPS) is 10.5. The van der Waals surface area contributed by atoms with E-state index in [1.54, 1.807) is 24.3 Å². The predicted octanol–water partition coefficient (Wildman–Crippen LogP) is 3.40. The van der Waals surface area contributed by atoms with Crippen LogP contribution in [0.4, 0.5) is 5.69 Å². The van der Waals surface area contributed by atoms with E-state index in [-0.39, 0.29) is 11.3 Å². The fourth-order valence-corrected chi connectivity index (χ4v) is 1.18. The molecule has 1 rings (SSSR count). The molecule has 5 nitrogen and oxygen atoms in total. The minimum Gasteiger partial charge on any atom is -0.352 e. The molecule has 5 heteroatoms. The van der Waals surface area contributed by atoms with E-state index < -0.39 is 0 Å². The van der Waals surface area contributed by atoms with Gasteiger partial charge in [-0.2, -0.15) is 0 Å². The minimum absolute atomic E-state index is 0.0563. The highest BCUT2D eigenvalue weighted by molar-refractivity contribution is 5.94. The highest BCUT2D eigenvalue weighted by Gasteiger charge is 2.12. The summed E-state index contributed by atoms with van der Waals surface area (Å²) < 4.78 is 0. The summed E-state index contributed by atoms with van der Waals surface area (Å²) in [7, 11) is 0. The number of hydrogen-bond acceptors (Lipinski definition) is 2. The third kappa shape index (κ3) is 4.57. The Balaban J connectivity index is 2.67. The molecule has 0 atom stereocenters. The molecule has 0 aliphatic carbocycles. The zero-order valence-corrected chi connectivity index (χ0v) is 10.3. The summed E-state index contributed by atoms with van der Waals surface area (Å²) in [6, 6.07) is 6.52. The second kappa shape index (κ2) is 5.37. The van der Waals surface area contributed by atoms with E-state index in [2.05, 4.69) is 36.1 Å². The maximum Gasteiger partial charge on any atom is 0.251 e. The topological polar surface area (TPSA) is 77.9 Å². The molecule has 1 N–H and O–H groups in total. The first-order valence-corrected chi connectivity index (χ1v) is 5.36. The number of amides is 1. The Labute approximate surface area is 100 Å². The molecule has 1 aromatic carbocycles. The van der Waals surface area contributed by atoms with Crippen molar-refractivity contribution in [1.29, 1.82) is 0 Å². The standard InChI is InChI=1S/C12H16N4O/c1-12(2,3)8-14-11(17)9-4-6-10(7-5-9)15-16-13/h4-7H,8H2,1-3H3,(H,14,17). The van der Waals surface area contributed by atoms with Gasteiger partial charge in [-0.15, -0.1) is 0 Å². The van der Waals surface area contributed by atoms with E-state index in [0.29, 0.717) is 17.8 Å². The van der Waals surface area contributed by atoms with E-state index in [1.165, 1.54) is 0 Å². The van der Waals surface area contributed by atoms with Gasteiger partial charge >= 0.3 is 0 Å². The van der Waals surface area contributed by atoms with Crippen molar-refractivity contribution in [3.05, 3.63) is 40.3 Å². The summed E-state index contributed by atoms with van der Waals surface area (Å²) in [6.07, 6.45) is 0. The smallest absolute Gasteiger partial charge is 0.251 e. The molecular formula is C12H16N4O. The number of benzene rings is 1. The van der Waals surface area contributed by atoms with Gasteiger partial charge in [-0.3, -0.25) is 4.79 Å². The van der Waals surface area contributed by atoms with Crippen LogP contribution < -0.4 is 5.32 Å². The summed E-state index contributed by atoms with van der Waals surface area (Å²) in [5.74, 6) is -0.118. The summed E-state index contributed by atoms with van der Waals surface area (Å²) in [4.78, 5) is 14.4. The largest absolute Gasteiger partial charge is 0.352 e. The minimum atomic E-state index is -0.118. The number of hydrogen-bond donors (Lipinski definition) is 1. The van der Waals surface area contributed by atoms with Crippen molar-refractivity contribution in [1.82, 2.24) is 5.32 Å². The lowest BCUT2D eigenvalue weighted by molar-refractivity contribution is 0.0939. The van der Waals surface area contributed by atoms with Crippen molar-refractivity contribution in [3.8, 4) is 0 Å². The van der Waals surface area contributed by atoms with Gasteiger partial charge in [0.15, 0.2) is 0 Å². The van der Waals surface area contributed by atoms with Crippen molar-refractivity contribution in [2.45, 2.75) is 20.8 Å². The number of nitrogens with one attached hydrogen (secondary N) is 1.